The van der Waals surface area contributed by atoms with Gasteiger partial charge in [-0.3, -0.25) is 19.3 Å². The predicted molar refractivity (Wildman–Crippen MR) is 225 cm³/mol. The Labute approximate surface area is 332 Å². The summed E-state index contributed by atoms with van der Waals surface area (Å²) < 4.78 is 16.9. The van der Waals surface area contributed by atoms with Gasteiger partial charge in [0.15, 0.2) is 0 Å². The first-order valence-electron chi connectivity index (χ1n) is 22.3. The van der Waals surface area contributed by atoms with Crippen molar-refractivity contribution < 1.29 is 28.6 Å². The minimum absolute atomic E-state index is 0.0687. The molecule has 2 unspecified atom stereocenters. The van der Waals surface area contributed by atoms with Crippen molar-refractivity contribution in [3.8, 4) is 0 Å². The van der Waals surface area contributed by atoms with Gasteiger partial charge in [0.05, 0.1) is 5.92 Å². The number of unbranched alkanes of at least 4 members (excludes halogenated alkanes) is 16. The van der Waals surface area contributed by atoms with Crippen molar-refractivity contribution in [1.29, 1.82) is 0 Å². The molecule has 1 saturated heterocycles. The molecule has 0 saturated carbocycles. The summed E-state index contributed by atoms with van der Waals surface area (Å²) in [5, 5.41) is 3.38. The molecule has 1 fully saturated rings. The Kier molecular flexibility index (Phi) is 30.4. The molecule has 2 atom stereocenters. The van der Waals surface area contributed by atoms with Crippen LogP contribution in [0.2, 0.25) is 0 Å². The molecule has 0 amide bonds. The normalized spacial score (nSPS) is 15.1. The van der Waals surface area contributed by atoms with Crippen LogP contribution in [-0.4, -0.2) is 73.8 Å². The lowest BCUT2D eigenvalue weighted by Crippen LogP contribution is -2.45. The number of likely N-dealkylation sites (N-methyl/N-ethyl adjacent to an activating group) is 1. The molecule has 1 aliphatic rings. The number of carbonyl (C=O) groups is 3. The van der Waals surface area contributed by atoms with Crippen LogP contribution >= 0.6 is 0 Å². The van der Waals surface area contributed by atoms with Crippen LogP contribution in [0.15, 0.2) is 24.3 Å². The lowest BCUT2D eigenvalue weighted by atomic mass is 9.90. The van der Waals surface area contributed by atoms with Gasteiger partial charge in [-0.25, -0.2) is 0 Å². The summed E-state index contributed by atoms with van der Waals surface area (Å²) in [5.41, 5.74) is -0.0910. The Morgan fingerprint density at radius 2 is 1.13 bits per heavy atom. The number of allylic oxidation sites excluding steroid dienone is 2. The van der Waals surface area contributed by atoms with E-state index in [1.54, 1.807) is 0 Å². The van der Waals surface area contributed by atoms with E-state index in [1.807, 2.05) is 19.1 Å². The van der Waals surface area contributed by atoms with Gasteiger partial charge in [-0.1, -0.05) is 122 Å². The van der Waals surface area contributed by atoms with Crippen LogP contribution in [0, 0.1) is 5.92 Å². The zero-order valence-corrected chi connectivity index (χ0v) is 35.9. The van der Waals surface area contributed by atoms with E-state index in [2.05, 4.69) is 57.1 Å². The summed E-state index contributed by atoms with van der Waals surface area (Å²) in [5.74, 6) is -0.470. The minimum Gasteiger partial charge on any atom is -0.462 e. The van der Waals surface area contributed by atoms with Crippen molar-refractivity contribution in [3.05, 3.63) is 24.3 Å². The van der Waals surface area contributed by atoms with E-state index < -0.39 is 0 Å². The van der Waals surface area contributed by atoms with Gasteiger partial charge in [0, 0.05) is 37.5 Å². The lowest BCUT2D eigenvalue weighted by Gasteiger charge is -2.37. The summed E-state index contributed by atoms with van der Waals surface area (Å²) in [6.45, 7) is 13.7. The average Bonchev–Trinajstić information content (AvgIpc) is 3.96. The van der Waals surface area contributed by atoms with Crippen LogP contribution in [0.25, 0.3) is 0 Å². The van der Waals surface area contributed by atoms with Crippen LogP contribution in [0.4, 0.5) is 0 Å². The monoisotopic (exact) mass is 761 g/mol. The number of hydrogen-bond acceptors (Lipinski definition) is 8. The fourth-order valence-electron chi connectivity index (χ4n) is 6.84. The largest absolute Gasteiger partial charge is 0.462 e. The molecule has 0 spiro atoms. The average molecular weight is 761 g/mol. The molecule has 8 heteroatoms. The molecule has 0 aromatic heterocycles. The molecule has 54 heavy (non-hydrogen) atoms. The molecular weight excluding hydrogens is 677 g/mol. The fraction of sp³-hybridized carbons (Fsp3) is 0.848. The van der Waals surface area contributed by atoms with E-state index in [0.29, 0.717) is 32.1 Å². The maximum atomic E-state index is 13.3. The Bertz CT molecular complexity index is 955. The van der Waals surface area contributed by atoms with Crippen molar-refractivity contribution in [2.75, 3.05) is 33.4 Å². The van der Waals surface area contributed by atoms with Gasteiger partial charge in [-0.05, 0) is 91.5 Å². The molecule has 0 radical (unpaired) electrons. The highest BCUT2D eigenvalue weighted by Gasteiger charge is 2.33. The molecule has 1 heterocycles. The van der Waals surface area contributed by atoms with Crippen LogP contribution < -0.4 is 5.32 Å². The maximum Gasteiger partial charge on any atom is 0.308 e. The van der Waals surface area contributed by atoms with Crippen molar-refractivity contribution in [3.63, 3.8) is 0 Å². The second-order valence-electron chi connectivity index (χ2n) is 16.6. The Morgan fingerprint density at radius 1 is 0.685 bits per heavy atom. The van der Waals surface area contributed by atoms with Gasteiger partial charge in [0.2, 0.25) is 0 Å². The van der Waals surface area contributed by atoms with Gasteiger partial charge in [-0.15, -0.1) is 0 Å². The molecular formula is C46H84N2O6. The molecule has 314 valence electrons. The SMILES string of the molecule is CCCCCC/C=C\COC(=O)CCCCCCCC(CCCCCCCC(=O)OC/C=C\CCCCCC)OC(=O)C(C)CC(C)(C)N(C)CC1CN1. The third kappa shape index (κ3) is 29.1. The highest BCUT2D eigenvalue weighted by Crippen LogP contribution is 2.26. The number of hydrogen-bond donors (Lipinski definition) is 1. The van der Waals surface area contributed by atoms with E-state index in [4.69, 9.17) is 14.2 Å². The Hall–Kier alpha value is -2.19. The van der Waals surface area contributed by atoms with Crippen LogP contribution in [-0.2, 0) is 28.6 Å². The van der Waals surface area contributed by atoms with Crippen molar-refractivity contribution in [1.82, 2.24) is 10.2 Å². The second kappa shape index (κ2) is 33.0. The first-order valence-corrected chi connectivity index (χ1v) is 22.3. The number of carbonyl (C=O) groups excluding carboxylic acids is 3. The topological polar surface area (TPSA) is 104 Å². The predicted octanol–water partition coefficient (Wildman–Crippen LogP) is 11.2. The van der Waals surface area contributed by atoms with E-state index in [1.165, 1.54) is 51.4 Å². The number of nitrogens with zero attached hydrogens (tertiary/aromatic N) is 1. The number of rotatable bonds is 37. The smallest absolute Gasteiger partial charge is 0.308 e. The third-order valence-corrected chi connectivity index (χ3v) is 10.8. The summed E-state index contributed by atoms with van der Waals surface area (Å²) in [6, 6.07) is 0.567. The highest BCUT2D eigenvalue weighted by molar-refractivity contribution is 5.72. The third-order valence-electron chi connectivity index (χ3n) is 10.8. The zero-order valence-electron chi connectivity index (χ0n) is 35.9. The molecule has 1 N–H and O–H groups in total. The Balaban J connectivity index is 2.37. The molecule has 8 nitrogen and oxygen atoms in total. The quantitative estimate of drug-likeness (QED) is 0.0219. The summed E-state index contributed by atoms with van der Waals surface area (Å²) in [4.78, 5) is 39.9. The number of ether oxygens (including phenoxy) is 3. The standard InChI is InChI=1S/C46H84N2O6/c1-7-9-11-13-15-23-29-35-52-43(49)33-27-21-17-19-25-31-42(54-45(51)40(3)37-46(4,5)48(6)39-41-38-47-41)32-26-20-18-22-28-34-44(50)53-36-30-24-16-14-12-10-8-2/h23-24,29-30,40-42,47H,7-22,25-28,31-39H2,1-6H3/b29-23-,30-24-. The summed E-state index contributed by atoms with van der Waals surface area (Å²) in [6.07, 6.45) is 33.7. The van der Waals surface area contributed by atoms with Crippen LogP contribution in [0.1, 0.15) is 195 Å². The van der Waals surface area contributed by atoms with E-state index in [9.17, 15) is 14.4 Å². The van der Waals surface area contributed by atoms with Crippen molar-refractivity contribution >= 4 is 17.9 Å². The molecule has 1 rings (SSSR count). The minimum atomic E-state index is -0.167. The highest BCUT2D eigenvalue weighted by atomic mass is 16.5. The lowest BCUT2D eigenvalue weighted by molar-refractivity contribution is -0.155. The van der Waals surface area contributed by atoms with Gasteiger partial charge in [-0.2, -0.15) is 0 Å². The van der Waals surface area contributed by atoms with Crippen molar-refractivity contribution in [2.45, 2.75) is 213 Å². The first-order chi connectivity index (χ1) is 26.1. The maximum absolute atomic E-state index is 13.3. The van der Waals surface area contributed by atoms with Gasteiger partial charge in [0.25, 0.3) is 0 Å². The first kappa shape index (κ1) is 49.8. The van der Waals surface area contributed by atoms with Gasteiger partial charge >= 0.3 is 17.9 Å². The van der Waals surface area contributed by atoms with Crippen LogP contribution in [0.3, 0.4) is 0 Å². The molecule has 0 aromatic carbocycles. The summed E-state index contributed by atoms with van der Waals surface area (Å²) >= 11 is 0. The number of esters is 3. The van der Waals surface area contributed by atoms with E-state index in [0.717, 1.165) is 109 Å². The summed E-state index contributed by atoms with van der Waals surface area (Å²) in [7, 11) is 2.15. The molecule has 0 bridgehead atoms. The van der Waals surface area contributed by atoms with Crippen molar-refractivity contribution in [2.24, 2.45) is 5.92 Å². The molecule has 0 aliphatic carbocycles. The fourth-order valence-corrected chi connectivity index (χ4v) is 6.84. The zero-order chi connectivity index (χ0) is 39.7. The Morgan fingerprint density at radius 3 is 1.59 bits per heavy atom. The second-order valence-corrected chi connectivity index (χ2v) is 16.6. The van der Waals surface area contributed by atoms with Gasteiger partial charge < -0.3 is 19.5 Å². The number of nitrogens with one attached hydrogen (secondary N) is 1. The van der Waals surface area contributed by atoms with E-state index >= 15 is 0 Å². The molecule has 0 aromatic rings. The van der Waals surface area contributed by atoms with E-state index in [-0.39, 0.29) is 35.5 Å². The van der Waals surface area contributed by atoms with Gasteiger partial charge in [0.1, 0.15) is 19.3 Å². The van der Waals surface area contributed by atoms with Crippen LogP contribution in [0.5, 0.6) is 0 Å². The molecule has 1 aliphatic heterocycles.